The molecule has 0 aliphatic heterocycles. The van der Waals surface area contributed by atoms with Crippen molar-refractivity contribution < 1.29 is 4.74 Å². The van der Waals surface area contributed by atoms with E-state index in [0.717, 1.165) is 18.6 Å². The zero-order chi connectivity index (χ0) is 15.4. The number of ether oxygens (including phenoxy) is 1. The van der Waals surface area contributed by atoms with Crippen molar-refractivity contribution in [1.29, 1.82) is 0 Å². The summed E-state index contributed by atoms with van der Waals surface area (Å²) in [5.41, 5.74) is 12.1. The average molecular weight is 295 g/mol. The molecule has 0 saturated carbocycles. The van der Waals surface area contributed by atoms with Crippen LogP contribution >= 0.6 is 0 Å². The Labute approximate surface area is 133 Å². The first-order valence-electron chi connectivity index (χ1n) is 8.26. The lowest BCUT2D eigenvalue weighted by Crippen LogP contribution is -2.13. The van der Waals surface area contributed by atoms with Gasteiger partial charge in [0.25, 0.3) is 0 Å². The van der Waals surface area contributed by atoms with Crippen LogP contribution in [0.5, 0.6) is 5.75 Å². The zero-order valence-corrected chi connectivity index (χ0v) is 13.3. The van der Waals surface area contributed by atoms with E-state index in [0.29, 0.717) is 0 Å². The summed E-state index contributed by atoms with van der Waals surface area (Å²) in [6, 6.07) is 15.2. The summed E-state index contributed by atoms with van der Waals surface area (Å²) in [6.45, 7) is 0. The zero-order valence-electron chi connectivity index (χ0n) is 13.3. The molecular weight excluding hydrogens is 270 g/mol. The summed E-state index contributed by atoms with van der Waals surface area (Å²) in [4.78, 5) is 0. The molecule has 1 unspecified atom stereocenters. The Hall–Kier alpha value is -1.80. The number of benzene rings is 2. The topological polar surface area (TPSA) is 35.2 Å². The quantitative estimate of drug-likeness (QED) is 0.897. The van der Waals surface area contributed by atoms with Crippen molar-refractivity contribution >= 4 is 0 Å². The first-order valence-corrected chi connectivity index (χ1v) is 8.26. The van der Waals surface area contributed by atoms with E-state index >= 15 is 0 Å². The van der Waals surface area contributed by atoms with Crippen LogP contribution in [0, 0.1) is 0 Å². The molecule has 2 heteroatoms. The van der Waals surface area contributed by atoms with Crippen LogP contribution in [0.4, 0.5) is 0 Å². The van der Waals surface area contributed by atoms with Crippen molar-refractivity contribution in [2.24, 2.45) is 5.73 Å². The fraction of sp³-hybridized carbons (Fsp3) is 0.400. The fourth-order valence-corrected chi connectivity index (χ4v) is 3.27. The van der Waals surface area contributed by atoms with Crippen LogP contribution in [-0.4, -0.2) is 7.11 Å². The third kappa shape index (κ3) is 3.50. The number of hydrogen-bond donors (Lipinski definition) is 1. The average Bonchev–Trinajstić information content (AvgIpc) is 2.59. The summed E-state index contributed by atoms with van der Waals surface area (Å²) in [5, 5.41) is 0. The molecule has 22 heavy (non-hydrogen) atoms. The minimum Gasteiger partial charge on any atom is -0.497 e. The van der Waals surface area contributed by atoms with Gasteiger partial charge in [-0.2, -0.15) is 0 Å². The summed E-state index contributed by atoms with van der Waals surface area (Å²) >= 11 is 0. The van der Waals surface area contributed by atoms with Gasteiger partial charge in [-0.15, -0.1) is 0 Å². The van der Waals surface area contributed by atoms with Crippen molar-refractivity contribution in [3.05, 3.63) is 64.7 Å². The first-order chi connectivity index (χ1) is 10.8. The molecule has 2 aromatic carbocycles. The molecule has 0 fully saturated rings. The van der Waals surface area contributed by atoms with Crippen molar-refractivity contribution in [2.75, 3.05) is 7.11 Å². The molecule has 3 rings (SSSR count). The van der Waals surface area contributed by atoms with Crippen LogP contribution in [0.2, 0.25) is 0 Å². The Balaban J connectivity index is 1.62. The summed E-state index contributed by atoms with van der Waals surface area (Å²) in [7, 11) is 1.70. The molecule has 0 spiro atoms. The van der Waals surface area contributed by atoms with Crippen LogP contribution in [0.1, 0.15) is 47.6 Å². The number of methoxy groups -OCH3 is 1. The van der Waals surface area contributed by atoms with Gasteiger partial charge in [-0.3, -0.25) is 0 Å². The highest BCUT2D eigenvalue weighted by Crippen LogP contribution is 2.26. The number of aryl methyl sites for hydroxylation is 3. The third-order valence-corrected chi connectivity index (χ3v) is 4.70. The smallest absolute Gasteiger partial charge is 0.118 e. The maximum absolute atomic E-state index is 6.41. The molecule has 116 valence electrons. The molecule has 1 aliphatic rings. The maximum Gasteiger partial charge on any atom is 0.118 e. The van der Waals surface area contributed by atoms with Crippen LogP contribution in [0.25, 0.3) is 0 Å². The van der Waals surface area contributed by atoms with Gasteiger partial charge < -0.3 is 10.5 Å². The molecule has 0 amide bonds. The maximum atomic E-state index is 6.41. The molecule has 0 bridgehead atoms. The molecular formula is C20H25NO. The Morgan fingerprint density at radius 1 is 1.00 bits per heavy atom. The van der Waals surface area contributed by atoms with Crippen molar-refractivity contribution in [2.45, 2.75) is 44.6 Å². The third-order valence-electron chi connectivity index (χ3n) is 4.70. The highest BCUT2D eigenvalue weighted by Gasteiger charge is 2.12. The van der Waals surface area contributed by atoms with Gasteiger partial charge in [-0.1, -0.05) is 30.3 Å². The minimum atomic E-state index is 0.120. The highest BCUT2D eigenvalue weighted by molar-refractivity contribution is 5.35. The lowest BCUT2D eigenvalue weighted by molar-refractivity contribution is 0.414. The monoisotopic (exact) mass is 295 g/mol. The highest BCUT2D eigenvalue weighted by atomic mass is 16.5. The van der Waals surface area contributed by atoms with Gasteiger partial charge in [0.1, 0.15) is 5.75 Å². The second kappa shape index (κ2) is 6.97. The Morgan fingerprint density at radius 3 is 2.45 bits per heavy atom. The van der Waals surface area contributed by atoms with Crippen LogP contribution in [0.3, 0.4) is 0 Å². The van der Waals surface area contributed by atoms with E-state index in [1.165, 1.54) is 47.9 Å². The molecule has 0 saturated heterocycles. The lowest BCUT2D eigenvalue weighted by atomic mass is 9.88. The van der Waals surface area contributed by atoms with Gasteiger partial charge in [0.2, 0.25) is 0 Å². The van der Waals surface area contributed by atoms with Gasteiger partial charge in [-0.25, -0.2) is 0 Å². The Kier molecular flexibility index (Phi) is 4.79. The SMILES string of the molecule is COc1ccc(CCC(N)c2ccc3c(c2)CCCC3)cc1. The fourth-order valence-electron chi connectivity index (χ4n) is 3.27. The molecule has 0 radical (unpaired) electrons. The van der Waals surface area contributed by atoms with E-state index in [1.807, 2.05) is 12.1 Å². The number of rotatable bonds is 5. The van der Waals surface area contributed by atoms with E-state index in [2.05, 4.69) is 30.3 Å². The Morgan fingerprint density at radius 2 is 1.73 bits per heavy atom. The first kappa shape index (κ1) is 15.1. The molecule has 0 aromatic heterocycles. The number of fused-ring (bicyclic) bond motifs is 1. The number of hydrogen-bond acceptors (Lipinski definition) is 2. The predicted octanol–water partition coefficient (Wildman–Crippen LogP) is 4.21. The minimum absolute atomic E-state index is 0.120. The predicted molar refractivity (Wildman–Crippen MR) is 91.3 cm³/mol. The van der Waals surface area contributed by atoms with Gasteiger partial charge in [0.15, 0.2) is 0 Å². The molecule has 2 N–H and O–H groups in total. The van der Waals surface area contributed by atoms with Crippen molar-refractivity contribution in [3.8, 4) is 5.75 Å². The van der Waals surface area contributed by atoms with Gasteiger partial charge >= 0.3 is 0 Å². The van der Waals surface area contributed by atoms with E-state index < -0.39 is 0 Å². The van der Waals surface area contributed by atoms with Gasteiger partial charge in [0, 0.05) is 6.04 Å². The van der Waals surface area contributed by atoms with Crippen LogP contribution in [0.15, 0.2) is 42.5 Å². The lowest BCUT2D eigenvalue weighted by Gasteiger charge is -2.19. The van der Waals surface area contributed by atoms with E-state index in [4.69, 9.17) is 10.5 Å². The summed E-state index contributed by atoms with van der Waals surface area (Å²) in [5.74, 6) is 0.905. The van der Waals surface area contributed by atoms with Gasteiger partial charge in [0.05, 0.1) is 7.11 Å². The van der Waals surface area contributed by atoms with Crippen LogP contribution in [-0.2, 0) is 19.3 Å². The second-order valence-corrected chi connectivity index (χ2v) is 6.23. The molecule has 1 aliphatic carbocycles. The van der Waals surface area contributed by atoms with E-state index in [1.54, 1.807) is 7.11 Å². The van der Waals surface area contributed by atoms with Crippen molar-refractivity contribution in [1.82, 2.24) is 0 Å². The standard InChI is InChI=1S/C20H25NO/c1-22-19-11-6-15(7-12-19)8-13-20(21)18-10-9-16-4-2-3-5-17(16)14-18/h6-7,9-12,14,20H,2-5,8,13,21H2,1H3. The van der Waals surface area contributed by atoms with E-state index in [-0.39, 0.29) is 6.04 Å². The summed E-state index contributed by atoms with van der Waals surface area (Å²) in [6.07, 6.45) is 7.08. The second-order valence-electron chi connectivity index (χ2n) is 6.23. The normalized spacial score (nSPS) is 15.2. The van der Waals surface area contributed by atoms with Crippen molar-refractivity contribution in [3.63, 3.8) is 0 Å². The van der Waals surface area contributed by atoms with Gasteiger partial charge in [-0.05, 0) is 72.9 Å². The van der Waals surface area contributed by atoms with E-state index in [9.17, 15) is 0 Å². The molecule has 2 aromatic rings. The van der Waals surface area contributed by atoms with Crippen LogP contribution < -0.4 is 10.5 Å². The molecule has 1 atom stereocenters. The largest absolute Gasteiger partial charge is 0.497 e. The molecule has 0 heterocycles. The Bertz CT molecular complexity index is 618. The number of nitrogens with two attached hydrogens (primary N) is 1. The summed E-state index contributed by atoms with van der Waals surface area (Å²) < 4.78 is 5.19. The molecule has 2 nitrogen and oxygen atoms in total.